The van der Waals surface area contributed by atoms with Crippen LogP contribution in [0.3, 0.4) is 0 Å². The number of nitrogens with zero attached hydrogens (tertiary/aromatic N) is 4. The molecule has 1 atom stereocenters. The SMILES string of the molecule is CCC(c1cncc(F)c1)n1cnc2c1CCN(C(=O)OC(C)(C)C)C2. The van der Waals surface area contributed by atoms with Gasteiger partial charge < -0.3 is 14.2 Å². The first-order valence-corrected chi connectivity index (χ1v) is 8.91. The Bertz CT molecular complexity index is 797. The summed E-state index contributed by atoms with van der Waals surface area (Å²) < 4.78 is 21.1. The molecule has 2 aromatic heterocycles. The summed E-state index contributed by atoms with van der Waals surface area (Å²) in [6.07, 6.45) is 5.84. The van der Waals surface area contributed by atoms with E-state index in [1.807, 2.05) is 20.8 Å². The molecule has 7 heteroatoms. The standard InChI is InChI=1S/C19H25FN4O2/c1-5-16(13-8-14(20)10-21-9-13)24-12-22-15-11-23(7-6-17(15)24)18(25)26-19(2,3)4/h8-10,12,16H,5-7,11H2,1-4H3. The molecule has 1 amide bonds. The van der Waals surface area contributed by atoms with Crippen molar-refractivity contribution >= 4 is 6.09 Å². The van der Waals surface area contributed by atoms with Crippen molar-refractivity contribution in [2.45, 2.75) is 58.7 Å². The predicted octanol–water partition coefficient (Wildman–Crippen LogP) is 3.71. The van der Waals surface area contributed by atoms with Crippen molar-refractivity contribution < 1.29 is 13.9 Å². The second-order valence-electron chi connectivity index (χ2n) is 7.56. The van der Waals surface area contributed by atoms with Crippen LogP contribution in [0, 0.1) is 5.82 Å². The van der Waals surface area contributed by atoms with Crippen LogP contribution >= 0.6 is 0 Å². The molecule has 0 N–H and O–H groups in total. The Morgan fingerprint density at radius 3 is 2.81 bits per heavy atom. The fraction of sp³-hybridized carbons (Fsp3) is 0.526. The lowest BCUT2D eigenvalue weighted by Crippen LogP contribution is -2.40. The Morgan fingerprint density at radius 1 is 1.38 bits per heavy atom. The highest BCUT2D eigenvalue weighted by Crippen LogP contribution is 2.28. The quantitative estimate of drug-likeness (QED) is 0.837. The summed E-state index contributed by atoms with van der Waals surface area (Å²) in [5, 5.41) is 0. The number of imidazole rings is 1. The number of halogens is 1. The third kappa shape index (κ3) is 3.86. The van der Waals surface area contributed by atoms with Gasteiger partial charge in [-0.1, -0.05) is 6.92 Å². The minimum Gasteiger partial charge on any atom is -0.444 e. The zero-order chi connectivity index (χ0) is 18.9. The van der Waals surface area contributed by atoms with Gasteiger partial charge in [-0.25, -0.2) is 14.2 Å². The molecule has 1 unspecified atom stereocenters. The minimum absolute atomic E-state index is 0.0254. The molecule has 0 aliphatic carbocycles. The van der Waals surface area contributed by atoms with Crippen LogP contribution in [0.4, 0.5) is 9.18 Å². The topological polar surface area (TPSA) is 60.2 Å². The van der Waals surface area contributed by atoms with Gasteiger partial charge in [0.2, 0.25) is 0 Å². The van der Waals surface area contributed by atoms with Crippen LogP contribution in [0.25, 0.3) is 0 Å². The maximum absolute atomic E-state index is 13.6. The molecular formula is C19H25FN4O2. The van der Waals surface area contributed by atoms with Gasteiger partial charge in [0.25, 0.3) is 0 Å². The first kappa shape index (κ1) is 18.4. The fourth-order valence-corrected chi connectivity index (χ4v) is 3.29. The summed E-state index contributed by atoms with van der Waals surface area (Å²) in [6, 6.07) is 1.49. The van der Waals surface area contributed by atoms with E-state index < -0.39 is 5.60 Å². The monoisotopic (exact) mass is 360 g/mol. The van der Waals surface area contributed by atoms with Crippen LogP contribution in [-0.4, -0.2) is 37.7 Å². The Morgan fingerprint density at radius 2 is 2.15 bits per heavy atom. The first-order valence-electron chi connectivity index (χ1n) is 8.91. The number of rotatable bonds is 3. The van der Waals surface area contributed by atoms with E-state index in [2.05, 4.69) is 21.5 Å². The van der Waals surface area contributed by atoms with Crippen LogP contribution in [0.2, 0.25) is 0 Å². The Kier molecular flexibility index (Phi) is 4.98. The lowest BCUT2D eigenvalue weighted by Gasteiger charge is -2.30. The van der Waals surface area contributed by atoms with Gasteiger partial charge in [0, 0.05) is 24.9 Å². The molecular weight excluding hydrogens is 335 g/mol. The molecule has 3 heterocycles. The smallest absolute Gasteiger partial charge is 0.410 e. The summed E-state index contributed by atoms with van der Waals surface area (Å²) in [6.45, 7) is 8.62. The predicted molar refractivity (Wildman–Crippen MR) is 95.2 cm³/mol. The lowest BCUT2D eigenvalue weighted by molar-refractivity contribution is 0.0220. The van der Waals surface area contributed by atoms with Gasteiger partial charge in [0.15, 0.2) is 0 Å². The fourth-order valence-electron chi connectivity index (χ4n) is 3.29. The molecule has 1 aliphatic heterocycles. The minimum atomic E-state index is -0.519. The van der Waals surface area contributed by atoms with E-state index in [1.54, 1.807) is 17.4 Å². The summed E-state index contributed by atoms with van der Waals surface area (Å²) in [7, 11) is 0. The zero-order valence-electron chi connectivity index (χ0n) is 15.7. The molecule has 1 aliphatic rings. The maximum Gasteiger partial charge on any atom is 0.410 e. The molecule has 0 radical (unpaired) electrons. The second-order valence-corrected chi connectivity index (χ2v) is 7.56. The largest absolute Gasteiger partial charge is 0.444 e. The maximum atomic E-state index is 13.6. The average molecular weight is 360 g/mol. The van der Waals surface area contributed by atoms with Crippen molar-refractivity contribution in [3.05, 3.63) is 47.6 Å². The summed E-state index contributed by atoms with van der Waals surface area (Å²) >= 11 is 0. The number of hydrogen-bond donors (Lipinski definition) is 0. The number of carbonyl (C=O) groups excluding carboxylic acids is 1. The van der Waals surface area contributed by atoms with Crippen molar-refractivity contribution in [1.82, 2.24) is 19.4 Å². The second kappa shape index (κ2) is 7.05. The average Bonchev–Trinajstić information content (AvgIpc) is 2.97. The van der Waals surface area contributed by atoms with Gasteiger partial charge in [-0.05, 0) is 38.8 Å². The number of pyridine rings is 1. The van der Waals surface area contributed by atoms with E-state index in [1.165, 1.54) is 12.3 Å². The van der Waals surface area contributed by atoms with E-state index in [9.17, 15) is 9.18 Å². The molecule has 2 aromatic rings. The molecule has 6 nitrogen and oxygen atoms in total. The summed E-state index contributed by atoms with van der Waals surface area (Å²) in [5.74, 6) is -0.342. The van der Waals surface area contributed by atoms with Crippen LogP contribution in [0.1, 0.15) is 57.1 Å². The van der Waals surface area contributed by atoms with Gasteiger partial charge in [0.05, 0.1) is 30.8 Å². The third-order valence-corrected chi connectivity index (χ3v) is 4.43. The number of hydrogen-bond acceptors (Lipinski definition) is 4. The first-order chi connectivity index (χ1) is 12.3. The van der Waals surface area contributed by atoms with Crippen molar-refractivity contribution in [1.29, 1.82) is 0 Å². The van der Waals surface area contributed by atoms with Crippen LogP contribution in [0.15, 0.2) is 24.8 Å². The van der Waals surface area contributed by atoms with Crippen molar-refractivity contribution in [3.8, 4) is 0 Å². The van der Waals surface area contributed by atoms with Crippen LogP contribution in [-0.2, 0) is 17.7 Å². The van der Waals surface area contributed by atoms with Crippen molar-refractivity contribution in [2.75, 3.05) is 6.54 Å². The number of fused-ring (bicyclic) bond motifs is 1. The molecule has 0 aromatic carbocycles. The van der Waals surface area contributed by atoms with Gasteiger partial charge in [-0.3, -0.25) is 4.98 Å². The number of aromatic nitrogens is 3. The van der Waals surface area contributed by atoms with Gasteiger partial charge in [0.1, 0.15) is 11.4 Å². The van der Waals surface area contributed by atoms with Gasteiger partial charge >= 0.3 is 6.09 Å². The molecule has 0 saturated carbocycles. The van der Waals surface area contributed by atoms with Gasteiger partial charge in [-0.15, -0.1) is 0 Å². The van der Waals surface area contributed by atoms with E-state index in [0.717, 1.165) is 23.4 Å². The Balaban J connectivity index is 1.81. The summed E-state index contributed by atoms with van der Waals surface area (Å²) in [5.41, 5.74) is 2.25. The zero-order valence-corrected chi connectivity index (χ0v) is 15.7. The molecule has 3 rings (SSSR count). The highest BCUT2D eigenvalue weighted by atomic mass is 19.1. The van der Waals surface area contributed by atoms with Gasteiger partial charge in [-0.2, -0.15) is 0 Å². The van der Waals surface area contributed by atoms with E-state index in [-0.39, 0.29) is 18.0 Å². The number of amides is 1. The Labute approximate surface area is 153 Å². The molecule has 26 heavy (non-hydrogen) atoms. The summed E-state index contributed by atoms with van der Waals surface area (Å²) in [4.78, 5) is 22.4. The Hall–Kier alpha value is -2.44. The highest BCUT2D eigenvalue weighted by Gasteiger charge is 2.29. The van der Waals surface area contributed by atoms with E-state index in [0.29, 0.717) is 19.5 Å². The highest BCUT2D eigenvalue weighted by molar-refractivity contribution is 5.68. The number of carbonyl (C=O) groups is 1. The van der Waals surface area contributed by atoms with Crippen LogP contribution in [0.5, 0.6) is 0 Å². The molecule has 140 valence electrons. The van der Waals surface area contributed by atoms with Crippen molar-refractivity contribution in [2.24, 2.45) is 0 Å². The van der Waals surface area contributed by atoms with E-state index in [4.69, 9.17) is 4.74 Å². The van der Waals surface area contributed by atoms with Crippen LogP contribution < -0.4 is 0 Å². The molecule has 0 spiro atoms. The van der Waals surface area contributed by atoms with E-state index >= 15 is 0 Å². The number of ether oxygens (including phenoxy) is 1. The lowest BCUT2D eigenvalue weighted by atomic mass is 10.0. The third-order valence-electron chi connectivity index (χ3n) is 4.43. The van der Waals surface area contributed by atoms with Crippen molar-refractivity contribution in [3.63, 3.8) is 0 Å². The molecule has 0 bridgehead atoms. The normalized spacial score (nSPS) is 15.5. The molecule has 0 fully saturated rings. The molecule has 0 saturated heterocycles.